The van der Waals surface area contributed by atoms with Gasteiger partial charge in [-0.15, -0.1) is 0 Å². The monoisotopic (exact) mass is 418 g/mol. The Morgan fingerprint density at radius 3 is 2.21 bits per heavy atom. The van der Waals surface area contributed by atoms with Crippen molar-refractivity contribution >= 4 is 23.9 Å². The van der Waals surface area contributed by atoms with Crippen LogP contribution in [0.3, 0.4) is 0 Å². The third-order valence-electron chi connectivity index (χ3n) is 4.11. The van der Waals surface area contributed by atoms with Gasteiger partial charge in [0.05, 0.1) is 7.11 Å². The van der Waals surface area contributed by atoms with Crippen LogP contribution in [-0.2, 0) is 47.6 Å². The minimum Gasteiger partial charge on any atom is -0.469 e. The molecule has 0 aliphatic carbocycles. The highest BCUT2D eigenvalue weighted by molar-refractivity contribution is 5.69. The van der Waals surface area contributed by atoms with E-state index >= 15 is 0 Å². The smallest absolute Gasteiger partial charge is 0.305 e. The van der Waals surface area contributed by atoms with E-state index in [2.05, 4.69) is 4.74 Å². The maximum absolute atomic E-state index is 11.5. The minimum absolute atomic E-state index is 0.163. The predicted molar refractivity (Wildman–Crippen MR) is 97.5 cm³/mol. The molecule has 166 valence electrons. The van der Waals surface area contributed by atoms with Crippen molar-refractivity contribution in [2.24, 2.45) is 0 Å². The van der Waals surface area contributed by atoms with Crippen LogP contribution in [0, 0.1) is 0 Å². The van der Waals surface area contributed by atoms with E-state index in [9.17, 15) is 19.2 Å². The lowest BCUT2D eigenvalue weighted by atomic mass is 10.0. The van der Waals surface area contributed by atoms with Crippen molar-refractivity contribution in [2.75, 3.05) is 20.3 Å². The molecule has 0 radical (unpaired) electrons. The summed E-state index contributed by atoms with van der Waals surface area (Å²) >= 11 is 0. The molecule has 1 heterocycles. The van der Waals surface area contributed by atoms with Crippen molar-refractivity contribution in [3.63, 3.8) is 0 Å². The molecule has 0 saturated carbocycles. The average Bonchev–Trinajstić information content (AvgIpc) is 2.63. The molecule has 0 aromatic rings. The summed E-state index contributed by atoms with van der Waals surface area (Å²) in [6.07, 6.45) is -0.640. The zero-order valence-corrected chi connectivity index (χ0v) is 17.3. The van der Waals surface area contributed by atoms with Crippen LogP contribution >= 0.6 is 0 Å². The molecule has 1 aliphatic rings. The molecule has 1 aliphatic heterocycles. The Kier molecular flexibility index (Phi) is 11.2. The van der Waals surface area contributed by atoms with Gasteiger partial charge in [0.15, 0.2) is 12.4 Å². The fraction of sp³-hybridized carbons (Fsp3) is 0.789. The summed E-state index contributed by atoms with van der Waals surface area (Å²) in [6, 6.07) is 0. The third kappa shape index (κ3) is 10.2. The van der Waals surface area contributed by atoms with Crippen molar-refractivity contribution in [1.29, 1.82) is 0 Å². The van der Waals surface area contributed by atoms with Crippen molar-refractivity contribution in [3.05, 3.63) is 0 Å². The topological polar surface area (TPSA) is 124 Å². The summed E-state index contributed by atoms with van der Waals surface area (Å²) in [5, 5.41) is 0. The number of ether oxygens (including phenoxy) is 6. The van der Waals surface area contributed by atoms with Crippen molar-refractivity contribution < 1.29 is 47.6 Å². The van der Waals surface area contributed by atoms with Gasteiger partial charge in [-0.25, -0.2) is 0 Å². The van der Waals surface area contributed by atoms with Crippen LogP contribution in [0.1, 0.15) is 52.9 Å². The zero-order valence-electron chi connectivity index (χ0n) is 17.3. The fourth-order valence-corrected chi connectivity index (χ4v) is 2.87. The van der Waals surface area contributed by atoms with E-state index in [4.69, 9.17) is 23.7 Å². The quantitative estimate of drug-likeness (QED) is 0.275. The van der Waals surface area contributed by atoms with Crippen molar-refractivity contribution in [2.45, 2.75) is 77.5 Å². The van der Waals surface area contributed by atoms with Gasteiger partial charge in [0, 0.05) is 40.2 Å². The predicted octanol–water partition coefficient (Wildman–Crippen LogP) is 1.28. The molecular formula is C19H30O10. The molecule has 29 heavy (non-hydrogen) atoms. The molecule has 0 bridgehead atoms. The van der Waals surface area contributed by atoms with E-state index in [1.54, 1.807) is 0 Å². The molecule has 0 spiro atoms. The Bertz CT molecular complexity index is 561. The van der Waals surface area contributed by atoms with E-state index in [0.717, 1.165) is 6.42 Å². The lowest BCUT2D eigenvalue weighted by Gasteiger charge is -2.39. The lowest BCUT2D eigenvalue weighted by Crippen LogP contribution is -2.54. The van der Waals surface area contributed by atoms with E-state index in [-0.39, 0.29) is 19.0 Å². The number of methoxy groups -OCH3 is 1. The number of hydrogen-bond donors (Lipinski definition) is 0. The third-order valence-corrected chi connectivity index (χ3v) is 4.11. The van der Waals surface area contributed by atoms with Gasteiger partial charge in [-0.2, -0.15) is 0 Å². The van der Waals surface area contributed by atoms with Crippen LogP contribution in [0.25, 0.3) is 0 Å². The summed E-state index contributed by atoms with van der Waals surface area (Å²) < 4.78 is 31.6. The molecule has 4 atom stereocenters. The first-order chi connectivity index (χ1) is 13.7. The second-order valence-electron chi connectivity index (χ2n) is 6.62. The van der Waals surface area contributed by atoms with E-state index in [1.165, 1.54) is 27.9 Å². The number of rotatable bonds is 11. The Hall–Kier alpha value is -2.20. The second-order valence-corrected chi connectivity index (χ2v) is 6.62. The molecular weight excluding hydrogens is 388 g/mol. The molecule has 10 nitrogen and oxygen atoms in total. The summed E-state index contributed by atoms with van der Waals surface area (Å²) in [7, 11) is 1.35. The van der Waals surface area contributed by atoms with Gasteiger partial charge < -0.3 is 28.4 Å². The van der Waals surface area contributed by atoms with Crippen LogP contribution in [0.4, 0.5) is 0 Å². The van der Waals surface area contributed by atoms with Crippen LogP contribution in [0.5, 0.6) is 0 Å². The van der Waals surface area contributed by atoms with Gasteiger partial charge in [0.2, 0.25) is 0 Å². The van der Waals surface area contributed by atoms with Crippen LogP contribution in [0.2, 0.25) is 0 Å². The lowest BCUT2D eigenvalue weighted by molar-refractivity contribution is -0.266. The molecule has 1 rings (SSSR count). The molecule has 0 unspecified atom stereocenters. The van der Waals surface area contributed by atoms with Crippen molar-refractivity contribution in [1.82, 2.24) is 0 Å². The minimum atomic E-state index is -0.921. The summed E-state index contributed by atoms with van der Waals surface area (Å²) in [5.74, 6) is -1.89. The summed E-state index contributed by atoms with van der Waals surface area (Å²) in [4.78, 5) is 45.2. The SMILES string of the molecule is COC(=O)CCCCCO[C@H]1C[C@@H](OC(C)=O)[C@H](OC(C)=O)[C@@H](COC(C)=O)O1. The van der Waals surface area contributed by atoms with Gasteiger partial charge in [-0.3, -0.25) is 19.2 Å². The number of unbranched alkanes of at least 4 members (excludes halogenated alkanes) is 2. The zero-order chi connectivity index (χ0) is 21.8. The summed E-state index contributed by atoms with van der Waals surface area (Å²) in [6.45, 7) is 3.90. The van der Waals surface area contributed by atoms with Crippen LogP contribution in [-0.4, -0.2) is 68.8 Å². The molecule has 1 saturated heterocycles. The number of hydrogen-bond acceptors (Lipinski definition) is 10. The molecule has 0 amide bonds. The number of carbonyl (C=O) groups excluding carboxylic acids is 4. The molecule has 10 heteroatoms. The first-order valence-electron chi connectivity index (χ1n) is 9.54. The van der Waals surface area contributed by atoms with E-state index < -0.39 is 42.5 Å². The highest BCUT2D eigenvalue weighted by atomic mass is 16.7. The largest absolute Gasteiger partial charge is 0.469 e. The fourth-order valence-electron chi connectivity index (χ4n) is 2.87. The van der Waals surface area contributed by atoms with Gasteiger partial charge in [-0.1, -0.05) is 6.42 Å². The first-order valence-corrected chi connectivity index (χ1v) is 9.54. The standard InChI is InChI=1S/C19H30O10/c1-12(20)26-11-16-19(28-14(3)22)15(27-13(2)21)10-18(29-16)25-9-7-5-6-8-17(23)24-4/h15-16,18-19H,5-11H2,1-4H3/t15-,16-,18-,19+/m1/s1. The van der Waals surface area contributed by atoms with E-state index in [0.29, 0.717) is 25.9 Å². The van der Waals surface area contributed by atoms with Gasteiger partial charge in [0.1, 0.15) is 18.8 Å². The molecule has 1 fully saturated rings. The molecule has 0 aromatic heterocycles. The first kappa shape index (κ1) is 24.8. The molecule has 0 aromatic carbocycles. The maximum Gasteiger partial charge on any atom is 0.305 e. The normalized spacial score (nSPS) is 23.7. The highest BCUT2D eigenvalue weighted by Crippen LogP contribution is 2.27. The van der Waals surface area contributed by atoms with Crippen molar-refractivity contribution in [3.8, 4) is 0 Å². The summed E-state index contributed by atoms with van der Waals surface area (Å²) in [5.41, 5.74) is 0. The van der Waals surface area contributed by atoms with Crippen LogP contribution in [0.15, 0.2) is 0 Å². The number of esters is 4. The maximum atomic E-state index is 11.5. The average molecular weight is 418 g/mol. The Morgan fingerprint density at radius 1 is 0.931 bits per heavy atom. The van der Waals surface area contributed by atoms with Gasteiger partial charge in [-0.05, 0) is 12.8 Å². The number of carbonyl (C=O) groups is 4. The Morgan fingerprint density at radius 2 is 1.62 bits per heavy atom. The van der Waals surface area contributed by atoms with Gasteiger partial charge >= 0.3 is 23.9 Å². The van der Waals surface area contributed by atoms with Gasteiger partial charge in [0.25, 0.3) is 0 Å². The van der Waals surface area contributed by atoms with Crippen LogP contribution < -0.4 is 0 Å². The van der Waals surface area contributed by atoms with E-state index in [1.807, 2.05) is 0 Å². The molecule has 0 N–H and O–H groups in total. The highest BCUT2D eigenvalue weighted by Gasteiger charge is 2.44. The Balaban J connectivity index is 2.64. The Labute approximate surface area is 170 Å². The second kappa shape index (κ2) is 13.1.